The Bertz CT molecular complexity index is 124. The Morgan fingerprint density at radius 2 is 2.46 bits per heavy atom. The molecule has 3 heteroatoms. The summed E-state index contributed by atoms with van der Waals surface area (Å²) in [5, 5.41) is 3.26. The fourth-order valence-corrected chi connectivity index (χ4v) is 1.56. The molecule has 0 bridgehead atoms. The van der Waals surface area contributed by atoms with Gasteiger partial charge in [-0.25, -0.2) is 0 Å². The second kappa shape index (κ2) is 6.35. The van der Waals surface area contributed by atoms with E-state index < -0.39 is 0 Å². The quantitative estimate of drug-likeness (QED) is 0.677. The van der Waals surface area contributed by atoms with Gasteiger partial charge in [0.25, 0.3) is 0 Å². The smallest absolute Gasteiger partial charge is 0.0831 e. The van der Waals surface area contributed by atoms with Crippen LogP contribution in [-0.4, -0.2) is 39.0 Å². The van der Waals surface area contributed by atoms with E-state index in [0.717, 1.165) is 26.2 Å². The summed E-state index contributed by atoms with van der Waals surface area (Å²) in [5.74, 6) is 0. The average molecular weight is 187 g/mol. The Kier molecular flexibility index (Phi) is 5.35. The third kappa shape index (κ3) is 4.07. The topological polar surface area (TPSA) is 30.5 Å². The lowest BCUT2D eigenvalue weighted by molar-refractivity contribution is 0.0298. The van der Waals surface area contributed by atoms with Gasteiger partial charge in [-0.1, -0.05) is 13.3 Å². The van der Waals surface area contributed by atoms with Crippen molar-refractivity contribution in [1.82, 2.24) is 5.32 Å². The minimum Gasteiger partial charge on any atom is -0.379 e. The van der Waals surface area contributed by atoms with Crippen LogP contribution in [-0.2, 0) is 9.47 Å². The molecule has 1 aliphatic heterocycles. The Balaban J connectivity index is 2.07. The predicted octanol–water partition coefficient (Wildman–Crippen LogP) is 1.18. The molecular weight excluding hydrogens is 166 g/mol. The molecule has 0 aromatic carbocycles. The molecule has 78 valence electrons. The van der Waals surface area contributed by atoms with E-state index >= 15 is 0 Å². The summed E-state index contributed by atoms with van der Waals surface area (Å²) in [6.07, 6.45) is 3.79. The number of nitrogens with one attached hydrogen (secondary N) is 1. The third-order valence-corrected chi connectivity index (χ3v) is 2.47. The highest BCUT2D eigenvalue weighted by atomic mass is 16.5. The molecule has 0 radical (unpaired) electrons. The zero-order chi connectivity index (χ0) is 9.52. The first-order valence-corrected chi connectivity index (χ1v) is 5.23. The van der Waals surface area contributed by atoms with Crippen LogP contribution >= 0.6 is 0 Å². The Morgan fingerprint density at radius 3 is 3.00 bits per heavy atom. The van der Waals surface area contributed by atoms with E-state index in [-0.39, 0.29) is 0 Å². The van der Waals surface area contributed by atoms with E-state index in [4.69, 9.17) is 9.47 Å². The first-order valence-electron chi connectivity index (χ1n) is 5.23. The molecule has 3 nitrogen and oxygen atoms in total. The number of rotatable bonds is 6. The molecule has 0 saturated carbocycles. The maximum Gasteiger partial charge on any atom is 0.0831 e. The molecular formula is C10H21NO2. The van der Waals surface area contributed by atoms with Gasteiger partial charge in [0.15, 0.2) is 0 Å². The van der Waals surface area contributed by atoms with E-state index in [1.54, 1.807) is 0 Å². The summed E-state index contributed by atoms with van der Waals surface area (Å²) in [6, 6.07) is 0.505. The predicted molar refractivity (Wildman–Crippen MR) is 52.9 cm³/mol. The van der Waals surface area contributed by atoms with Crippen molar-refractivity contribution in [3.8, 4) is 0 Å². The Morgan fingerprint density at radius 1 is 1.62 bits per heavy atom. The van der Waals surface area contributed by atoms with Crippen molar-refractivity contribution in [2.45, 2.75) is 38.3 Å². The molecule has 1 saturated heterocycles. The summed E-state index contributed by atoms with van der Waals surface area (Å²) >= 11 is 0. The summed E-state index contributed by atoms with van der Waals surface area (Å²) < 4.78 is 11.0. The highest BCUT2D eigenvalue weighted by Gasteiger charge is 2.17. The summed E-state index contributed by atoms with van der Waals surface area (Å²) in [4.78, 5) is 0. The van der Waals surface area contributed by atoms with Crippen LogP contribution in [0.2, 0.25) is 0 Å². The van der Waals surface area contributed by atoms with E-state index in [1.807, 2.05) is 7.05 Å². The standard InChI is InChI=1S/C10H21NO2/c1-3-4-9(11-2)7-13-10-5-6-12-8-10/h9-11H,3-8H2,1-2H3. The molecule has 1 rings (SSSR count). The fourth-order valence-electron chi connectivity index (χ4n) is 1.56. The van der Waals surface area contributed by atoms with E-state index in [2.05, 4.69) is 12.2 Å². The summed E-state index contributed by atoms with van der Waals surface area (Å²) in [7, 11) is 1.99. The van der Waals surface area contributed by atoms with Crippen molar-refractivity contribution in [3.05, 3.63) is 0 Å². The molecule has 1 fully saturated rings. The number of ether oxygens (including phenoxy) is 2. The van der Waals surface area contributed by atoms with Gasteiger partial charge in [0.2, 0.25) is 0 Å². The fraction of sp³-hybridized carbons (Fsp3) is 1.00. The lowest BCUT2D eigenvalue weighted by Gasteiger charge is -2.17. The maximum atomic E-state index is 5.72. The number of hydrogen-bond donors (Lipinski definition) is 1. The Labute approximate surface area is 80.8 Å². The van der Waals surface area contributed by atoms with Gasteiger partial charge >= 0.3 is 0 Å². The summed E-state index contributed by atoms with van der Waals surface area (Å²) in [6.45, 7) is 4.66. The molecule has 1 aliphatic rings. The highest BCUT2D eigenvalue weighted by molar-refractivity contribution is 4.67. The molecule has 0 spiro atoms. The first kappa shape index (κ1) is 11.0. The lowest BCUT2D eigenvalue weighted by atomic mass is 10.2. The second-order valence-electron chi connectivity index (χ2n) is 3.59. The first-order chi connectivity index (χ1) is 6.36. The van der Waals surface area contributed by atoms with Crippen LogP contribution in [0.5, 0.6) is 0 Å². The second-order valence-corrected chi connectivity index (χ2v) is 3.59. The van der Waals surface area contributed by atoms with Crippen LogP contribution < -0.4 is 5.32 Å². The highest BCUT2D eigenvalue weighted by Crippen LogP contribution is 2.09. The minimum absolute atomic E-state index is 0.340. The normalized spacial score (nSPS) is 24.9. The van der Waals surface area contributed by atoms with Gasteiger partial charge < -0.3 is 14.8 Å². The Hall–Kier alpha value is -0.120. The van der Waals surface area contributed by atoms with Crippen molar-refractivity contribution in [2.24, 2.45) is 0 Å². The molecule has 1 N–H and O–H groups in total. The van der Waals surface area contributed by atoms with Crippen molar-refractivity contribution in [2.75, 3.05) is 26.9 Å². The van der Waals surface area contributed by atoms with Crippen LogP contribution in [0.3, 0.4) is 0 Å². The number of hydrogen-bond acceptors (Lipinski definition) is 3. The maximum absolute atomic E-state index is 5.72. The van der Waals surface area contributed by atoms with Crippen molar-refractivity contribution < 1.29 is 9.47 Å². The van der Waals surface area contributed by atoms with E-state index in [9.17, 15) is 0 Å². The molecule has 2 unspecified atom stereocenters. The van der Waals surface area contributed by atoms with Gasteiger partial charge in [-0.3, -0.25) is 0 Å². The third-order valence-electron chi connectivity index (χ3n) is 2.47. The molecule has 0 amide bonds. The van der Waals surface area contributed by atoms with E-state index in [1.165, 1.54) is 12.8 Å². The zero-order valence-electron chi connectivity index (χ0n) is 8.71. The molecule has 1 heterocycles. The van der Waals surface area contributed by atoms with Crippen LogP contribution in [0.25, 0.3) is 0 Å². The van der Waals surface area contributed by atoms with Gasteiger partial charge in [-0.05, 0) is 19.9 Å². The molecule has 0 aliphatic carbocycles. The van der Waals surface area contributed by atoms with Crippen molar-refractivity contribution in [1.29, 1.82) is 0 Å². The van der Waals surface area contributed by atoms with Gasteiger partial charge in [0.05, 0.1) is 19.3 Å². The van der Waals surface area contributed by atoms with Gasteiger partial charge in [0.1, 0.15) is 0 Å². The lowest BCUT2D eigenvalue weighted by Crippen LogP contribution is -2.32. The molecule has 0 aromatic rings. The van der Waals surface area contributed by atoms with Crippen molar-refractivity contribution in [3.63, 3.8) is 0 Å². The molecule has 0 aromatic heterocycles. The summed E-state index contributed by atoms with van der Waals surface area (Å²) in [5.41, 5.74) is 0. The van der Waals surface area contributed by atoms with Crippen LogP contribution in [0, 0.1) is 0 Å². The SMILES string of the molecule is CCCC(COC1CCOC1)NC. The van der Waals surface area contributed by atoms with Gasteiger partial charge in [0, 0.05) is 12.6 Å². The van der Waals surface area contributed by atoms with Crippen LogP contribution in [0.4, 0.5) is 0 Å². The molecule has 2 atom stereocenters. The largest absolute Gasteiger partial charge is 0.379 e. The zero-order valence-corrected chi connectivity index (χ0v) is 8.71. The van der Waals surface area contributed by atoms with Gasteiger partial charge in [-0.15, -0.1) is 0 Å². The number of likely N-dealkylation sites (N-methyl/N-ethyl adjacent to an activating group) is 1. The monoisotopic (exact) mass is 187 g/mol. The minimum atomic E-state index is 0.340. The van der Waals surface area contributed by atoms with Gasteiger partial charge in [-0.2, -0.15) is 0 Å². The van der Waals surface area contributed by atoms with E-state index in [0.29, 0.717) is 12.1 Å². The molecule has 13 heavy (non-hydrogen) atoms. The van der Waals surface area contributed by atoms with Crippen LogP contribution in [0.1, 0.15) is 26.2 Å². The van der Waals surface area contributed by atoms with Crippen molar-refractivity contribution >= 4 is 0 Å². The average Bonchev–Trinajstić information content (AvgIpc) is 2.64. The van der Waals surface area contributed by atoms with Crippen LogP contribution in [0.15, 0.2) is 0 Å².